The first-order valence-electron chi connectivity index (χ1n) is 7.37. The lowest BCUT2D eigenvalue weighted by molar-refractivity contribution is 0.675. The molecule has 0 aliphatic heterocycles. The standard InChI is InChI=1S/C17H22N2OS/c1-2-10-18-14-15-6-8-16(9-7-15)21-13-12-19-11-4-3-5-17(19)20/h3-9,11,18H,2,10,12-14H2,1H3. The number of benzene rings is 1. The van der Waals surface area contributed by atoms with Crippen LogP contribution in [0, 0.1) is 0 Å². The van der Waals surface area contributed by atoms with Gasteiger partial charge in [0, 0.05) is 36.0 Å². The largest absolute Gasteiger partial charge is 0.315 e. The molecule has 112 valence electrons. The van der Waals surface area contributed by atoms with E-state index in [2.05, 4.69) is 36.5 Å². The summed E-state index contributed by atoms with van der Waals surface area (Å²) >= 11 is 1.78. The molecular weight excluding hydrogens is 280 g/mol. The Morgan fingerprint density at radius 3 is 2.67 bits per heavy atom. The second-order valence-electron chi connectivity index (χ2n) is 4.90. The van der Waals surface area contributed by atoms with Crippen molar-refractivity contribution in [3.63, 3.8) is 0 Å². The fourth-order valence-electron chi connectivity index (χ4n) is 2.02. The number of nitrogens with zero attached hydrogens (tertiary/aromatic N) is 1. The normalized spacial score (nSPS) is 10.7. The molecule has 0 unspecified atom stereocenters. The predicted octanol–water partition coefficient (Wildman–Crippen LogP) is 3.14. The van der Waals surface area contributed by atoms with E-state index in [-0.39, 0.29) is 5.56 Å². The minimum Gasteiger partial charge on any atom is -0.315 e. The third-order valence-electron chi connectivity index (χ3n) is 3.18. The van der Waals surface area contributed by atoms with Crippen molar-refractivity contribution < 1.29 is 0 Å². The Labute approximate surface area is 130 Å². The molecule has 21 heavy (non-hydrogen) atoms. The highest BCUT2D eigenvalue weighted by atomic mass is 32.2. The summed E-state index contributed by atoms with van der Waals surface area (Å²) in [4.78, 5) is 12.8. The van der Waals surface area contributed by atoms with Gasteiger partial charge < -0.3 is 9.88 Å². The lowest BCUT2D eigenvalue weighted by Gasteiger charge is -2.06. The lowest BCUT2D eigenvalue weighted by atomic mass is 10.2. The average molecular weight is 302 g/mol. The van der Waals surface area contributed by atoms with E-state index in [1.54, 1.807) is 28.5 Å². The van der Waals surface area contributed by atoms with Crippen LogP contribution in [-0.2, 0) is 13.1 Å². The summed E-state index contributed by atoms with van der Waals surface area (Å²) in [7, 11) is 0. The molecule has 0 bridgehead atoms. The van der Waals surface area contributed by atoms with Gasteiger partial charge in [0.2, 0.25) is 0 Å². The number of aromatic nitrogens is 1. The SMILES string of the molecule is CCCNCc1ccc(SCCn2ccccc2=O)cc1. The van der Waals surface area contributed by atoms with Crippen molar-refractivity contribution in [2.75, 3.05) is 12.3 Å². The highest BCUT2D eigenvalue weighted by Gasteiger charge is 1.98. The molecule has 1 heterocycles. The first-order valence-corrected chi connectivity index (χ1v) is 8.36. The number of rotatable bonds is 8. The Morgan fingerprint density at radius 1 is 1.14 bits per heavy atom. The quantitative estimate of drug-likeness (QED) is 0.601. The Morgan fingerprint density at radius 2 is 1.95 bits per heavy atom. The van der Waals surface area contributed by atoms with Crippen LogP contribution < -0.4 is 10.9 Å². The topological polar surface area (TPSA) is 34.0 Å². The summed E-state index contributed by atoms with van der Waals surface area (Å²) in [6.45, 7) is 4.90. The number of nitrogens with one attached hydrogen (secondary N) is 1. The molecule has 0 saturated carbocycles. The van der Waals surface area contributed by atoms with Gasteiger partial charge in [0.25, 0.3) is 5.56 Å². The zero-order valence-corrected chi connectivity index (χ0v) is 13.2. The molecule has 0 aliphatic carbocycles. The van der Waals surface area contributed by atoms with E-state index in [0.29, 0.717) is 0 Å². The van der Waals surface area contributed by atoms with Crippen molar-refractivity contribution in [1.82, 2.24) is 9.88 Å². The molecule has 1 aromatic carbocycles. The van der Waals surface area contributed by atoms with E-state index in [1.807, 2.05) is 12.3 Å². The molecule has 1 aromatic heterocycles. The summed E-state index contributed by atoms with van der Waals surface area (Å²) < 4.78 is 1.75. The molecule has 0 amide bonds. The van der Waals surface area contributed by atoms with Gasteiger partial charge in [-0.25, -0.2) is 0 Å². The van der Waals surface area contributed by atoms with Gasteiger partial charge in [-0.3, -0.25) is 4.79 Å². The number of pyridine rings is 1. The van der Waals surface area contributed by atoms with E-state index in [4.69, 9.17) is 0 Å². The number of thioether (sulfide) groups is 1. The molecule has 0 saturated heterocycles. The lowest BCUT2D eigenvalue weighted by Crippen LogP contribution is -2.18. The van der Waals surface area contributed by atoms with E-state index >= 15 is 0 Å². The van der Waals surface area contributed by atoms with E-state index in [0.717, 1.165) is 31.8 Å². The summed E-state index contributed by atoms with van der Waals surface area (Å²) in [5, 5.41) is 3.40. The summed E-state index contributed by atoms with van der Waals surface area (Å²) in [5.41, 5.74) is 1.38. The van der Waals surface area contributed by atoms with Gasteiger partial charge in [0.1, 0.15) is 0 Å². The van der Waals surface area contributed by atoms with E-state index < -0.39 is 0 Å². The number of hydrogen-bond donors (Lipinski definition) is 1. The van der Waals surface area contributed by atoms with Gasteiger partial charge in [-0.15, -0.1) is 11.8 Å². The van der Waals surface area contributed by atoms with Crippen molar-refractivity contribution in [1.29, 1.82) is 0 Å². The second-order valence-corrected chi connectivity index (χ2v) is 6.07. The van der Waals surface area contributed by atoms with Crippen molar-refractivity contribution in [3.05, 3.63) is 64.6 Å². The zero-order chi connectivity index (χ0) is 14.9. The number of aryl methyl sites for hydroxylation is 1. The summed E-state index contributed by atoms with van der Waals surface area (Å²) in [6.07, 6.45) is 3.00. The molecular formula is C17H22N2OS. The van der Waals surface area contributed by atoms with Crippen molar-refractivity contribution in [3.8, 4) is 0 Å². The van der Waals surface area contributed by atoms with Gasteiger partial charge in [0.15, 0.2) is 0 Å². The van der Waals surface area contributed by atoms with Gasteiger partial charge in [-0.2, -0.15) is 0 Å². The van der Waals surface area contributed by atoms with Crippen LogP contribution in [-0.4, -0.2) is 16.9 Å². The molecule has 3 nitrogen and oxygen atoms in total. The molecule has 0 aliphatic rings. The van der Waals surface area contributed by atoms with Crippen LogP contribution >= 0.6 is 11.8 Å². The van der Waals surface area contributed by atoms with Crippen molar-refractivity contribution in [2.45, 2.75) is 31.3 Å². The maximum absolute atomic E-state index is 11.6. The average Bonchev–Trinajstić information content (AvgIpc) is 2.51. The second kappa shape index (κ2) is 8.70. The van der Waals surface area contributed by atoms with Crippen LogP contribution in [0.2, 0.25) is 0 Å². The van der Waals surface area contributed by atoms with Gasteiger partial charge in [0.05, 0.1) is 0 Å². The molecule has 1 N–H and O–H groups in total. The predicted molar refractivity (Wildman–Crippen MR) is 89.9 cm³/mol. The van der Waals surface area contributed by atoms with E-state index in [1.165, 1.54) is 10.5 Å². The molecule has 0 atom stereocenters. The maximum Gasteiger partial charge on any atom is 0.250 e. The van der Waals surface area contributed by atoms with Crippen molar-refractivity contribution >= 4 is 11.8 Å². The minimum atomic E-state index is 0.0652. The summed E-state index contributed by atoms with van der Waals surface area (Å²) in [6, 6.07) is 13.9. The van der Waals surface area contributed by atoms with Gasteiger partial charge in [-0.05, 0) is 36.7 Å². The Hall–Kier alpha value is -1.52. The molecule has 4 heteroatoms. The number of hydrogen-bond acceptors (Lipinski definition) is 3. The fraction of sp³-hybridized carbons (Fsp3) is 0.353. The fourth-order valence-corrected chi connectivity index (χ4v) is 2.87. The molecule has 2 rings (SSSR count). The van der Waals surface area contributed by atoms with Gasteiger partial charge >= 0.3 is 0 Å². The minimum absolute atomic E-state index is 0.0652. The van der Waals surface area contributed by atoms with Crippen LogP contribution in [0.1, 0.15) is 18.9 Å². The third-order valence-corrected chi connectivity index (χ3v) is 4.17. The smallest absolute Gasteiger partial charge is 0.250 e. The van der Waals surface area contributed by atoms with Crippen LogP contribution in [0.4, 0.5) is 0 Å². The highest BCUT2D eigenvalue weighted by molar-refractivity contribution is 7.99. The molecule has 0 radical (unpaired) electrons. The van der Waals surface area contributed by atoms with Crippen LogP contribution in [0.5, 0.6) is 0 Å². The Bertz CT molecular complexity index is 592. The van der Waals surface area contributed by atoms with Crippen LogP contribution in [0.3, 0.4) is 0 Å². The zero-order valence-electron chi connectivity index (χ0n) is 12.4. The van der Waals surface area contributed by atoms with Crippen LogP contribution in [0.25, 0.3) is 0 Å². The maximum atomic E-state index is 11.6. The Balaban J connectivity index is 1.78. The third kappa shape index (κ3) is 5.40. The van der Waals surface area contributed by atoms with E-state index in [9.17, 15) is 4.79 Å². The van der Waals surface area contributed by atoms with Gasteiger partial charge in [-0.1, -0.05) is 25.1 Å². The highest BCUT2D eigenvalue weighted by Crippen LogP contribution is 2.18. The Kier molecular flexibility index (Phi) is 6.57. The first kappa shape index (κ1) is 15.9. The van der Waals surface area contributed by atoms with Crippen LogP contribution in [0.15, 0.2) is 58.4 Å². The first-order chi connectivity index (χ1) is 10.3. The molecule has 0 fully saturated rings. The molecule has 0 spiro atoms. The monoisotopic (exact) mass is 302 g/mol. The summed E-state index contributed by atoms with van der Waals surface area (Å²) in [5.74, 6) is 0.900. The van der Waals surface area contributed by atoms with Crippen molar-refractivity contribution in [2.24, 2.45) is 0 Å². The molecule has 2 aromatic rings.